The summed E-state index contributed by atoms with van der Waals surface area (Å²) in [6.45, 7) is 5.40. The van der Waals surface area contributed by atoms with Crippen LogP contribution in [-0.2, 0) is 34.1 Å². The Morgan fingerprint density at radius 2 is 1.97 bits per heavy atom. The number of ether oxygens (including phenoxy) is 2. The van der Waals surface area contributed by atoms with Crippen molar-refractivity contribution in [2.24, 2.45) is 0 Å². The van der Waals surface area contributed by atoms with Gasteiger partial charge in [0, 0.05) is 25.6 Å². The van der Waals surface area contributed by atoms with E-state index in [4.69, 9.17) is 9.47 Å². The lowest BCUT2D eigenvalue weighted by atomic mass is 9.99. The largest absolute Gasteiger partial charge is 0.493 e. The molecular weight excluding hydrogens is 464 g/mol. The Morgan fingerprint density at radius 1 is 1.24 bits per heavy atom. The highest BCUT2D eigenvalue weighted by atomic mass is 32.2. The molecule has 1 unspecified atom stereocenters. The number of rotatable bonds is 8. The number of methoxy groups -OCH3 is 2. The minimum atomic E-state index is -3.03. The number of benzene rings is 1. The van der Waals surface area contributed by atoms with E-state index in [1.807, 2.05) is 21.6 Å². The molecule has 1 aromatic carbocycles. The first-order chi connectivity index (χ1) is 15.8. The first kappa shape index (κ1) is 23.6. The van der Waals surface area contributed by atoms with Crippen molar-refractivity contribution < 1.29 is 22.7 Å². The first-order valence-electron chi connectivity index (χ1n) is 10.7. The van der Waals surface area contributed by atoms with Crippen LogP contribution < -0.4 is 9.47 Å². The molecule has 0 N–H and O–H groups in total. The molecule has 1 saturated heterocycles. The summed E-state index contributed by atoms with van der Waals surface area (Å²) >= 11 is 1.32. The van der Waals surface area contributed by atoms with Crippen molar-refractivity contribution in [3.8, 4) is 11.5 Å². The molecule has 1 fully saturated rings. The van der Waals surface area contributed by atoms with E-state index in [-0.39, 0.29) is 29.1 Å². The molecule has 1 aromatic heterocycles. The minimum absolute atomic E-state index is 0.0126. The van der Waals surface area contributed by atoms with Gasteiger partial charge in [-0.2, -0.15) is 0 Å². The number of thioether (sulfide) groups is 1. The third-order valence-electron chi connectivity index (χ3n) is 6.05. The predicted molar refractivity (Wildman–Crippen MR) is 126 cm³/mol. The quantitative estimate of drug-likeness (QED) is 0.408. The Kier molecular flexibility index (Phi) is 6.99. The lowest BCUT2D eigenvalue weighted by molar-refractivity contribution is -0.129. The zero-order chi connectivity index (χ0) is 23.6. The van der Waals surface area contributed by atoms with Crippen molar-refractivity contribution in [1.82, 2.24) is 19.7 Å². The number of aromatic nitrogens is 3. The molecule has 2 aromatic rings. The molecule has 33 heavy (non-hydrogen) atoms. The summed E-state index contributed by atoms with van der Waals surface area (Å²) in [5, 5.41) is 9.12. The molecular formula is C22H28N4O5S2. The van der Waals surface area contributed by atoms with Crippen LogP contribution in [0.2, 0.25) is 0 Å². The van der Waals surface area contributed by atoms with E-state index in [0.29, 0.717) is 48.5 Å². The second kappa shape index (κ2) is 9.76. The third kappa shape index (κ3) is 5.03. The van der Waals surface area contributed by atoms with Crippen molar-refractivity contribution in [2.45, 2.75) is 37.0 Å². The summed E-state index contributed by atoms with van der Waals surface area (Å²) in [5.41, 5.74) is 2.21. The average Bonchev–Trinajstić information content (AvgIpc) is 3.38. The van der Waals surface area contributed by atoms with Gasteiger partial charge >= 0.3 is 0 Å². The second-order valence-corrected chi connectivity index (χ2v) is 11.3. The molecule has 4 rings (SSSR count). The molecule has 9 nitrogen and oxygen atoms in total. The first-order valence-corrected chi connectivity index (χ1v) is 13.5. The number of fused-ring (bicyclic) bond motifs is 1. The van der Waals surface area contributed by atoms with Gasteiger partial charge in [-0.05, 0) is 36.1 Å². The van der Waals surface area contributed by atoms with Crippen molar-refractivity contribution >= 4 is 27.5 Å². The van der Waals surface area contributed by atoms with Crippen LogP contribution in [0.1, 0.15) is 29.3 Å². The van der Waals surface area contributed by atoms with Crippen LogP contribution in [0, 0.1) is 0 Å². The molecule has 0 saturated carbocycles. The molecule has 3 heterocycles. The van der Waals surface area contributed by atoms with Crippen LogP contribution in [-0.4, -0.2) is 72.0 Å². The fraction of sp³-hybridized carbons (Fsp3) is 0.500. The molecule has 0 aliphatic carbocycles. The van der Waals surface area contributed by atoms with Gasteiger partial charge in [0.25, 0.3) is 0 Å². The zero-order valence-corrected chi connectivity index (χ0v) is 20.5. The summed E-state index contributed by atoms with van der Waals surface area (Å²) in [5.74, 6) is 2.33. The topological polar surface area (TPSA) is 104 Å². The molecule has 178 valence electrons. The summed E-state index contributed by atoms with van der Waals surface area (Å²) < 4.78 is 36.4. The van der Waals surface area contributed by atoms with Crippen LogP contribution in [0.25, 0.3) is 0 Å². The number of sulfone groups is 1. The summed E-state index contributed by atoms with van der Waals surface area (Å²) in [6.07, 6.45) is 3.02. The van der Waals surface area contributed by atoms with Gasteiger partial charge in [-0.25, -0.2) is 8.42 Å². The Labute approximate surface area is 198 Å². The smallest absolute Gasteiger partial charge is 0.233 e. The van der Waals surface area contributed by atoms with Gasteiger partial charge in [-0.1, -0.05) is 17.8 Å². The third-order valence-corrected chi connectivity index (χ3v) is 8.77. The molecule has 1 amide bonds. The van der Waals surface area contributed by atoms with E-state index in [9.17, 15) is 13.2 Å². The number of carbonyl (C=O) groups excluding carboxylic acids is 1. The maximum atomic E-state index is 13.0. The van der Waals surface area contributed by atoms with Crippen molar-refractivity contribution in [1.29, 1.82) is 0 Å². The molecule has 1 atom stereocenters. The highest BCUT2D eigenvalue weighted by Gasteiger charge is 2.33. The van der Waals surface area contributed by atoms with E-state index < -0.39 is 9.84 Å². The molecule has 0 bridgehead atoms. The lowest BCUT2D eigenvalue weighted by Crippen LogP contribution is -2.37. The summed E-state index contributed by atoms with van der Waals surface area (Å²) in [7, 11) is 0.180. The van der Waals surface area contributed by atoms with E-state index in [1.165, 1.54) is 11.8 Å². The van der Waals surface area contributed by atoms with E-state index >= 15 is 0 Å². The van der Waals surface area contributed by atoms with Gasteiger partial charge < -0.3 is 18.9 Å². The highest BCUT2D eigenvalue weighted by molar-refractivity contribution is 7.99. The average molecular weight is 493 g/mol. The normalized spacial score (nSPS) is 19.2. The Bertz CT molecular complexity index is 1160. The minimum Gasteiger partial charge on any atom is -0.493 e. The number of carbonyl (C=O) groups is 1. The van der Waals surface area contributed by atoms with Gasteiger partial charge in [0.2, 0.25) is 5.91 Å². The zero-order valence-electron chi connectivity index (χ0n) is 18.8. The van der Waals surface area contributed by atoms with Gasteiger partial charge in [0.15, 0.2) is 26.5 Å². The molecule has 2 aliphatic rings. The number of allylic oxidation sites excluding steroid dienone is 1. The van der Waals surface area contributed by atoms with E-state index in [1.54, 1.807) is 20.3 Å². The van der Waals surface area contributed by atoms with Crippen LogP contribution in [0.4, 0.5) is 0 Å². The molecule has 11 heteroatoms. The van der Waals surface area contributed by atoms with Crippen LogP contribution in [0.3, 0.4) is 0 Å². The fourth-order valence-corrected chi connectivity index (χ4v) is 6.92. The number of nitrogens with zero attached hydrogens (tertiary/aromatic N) is 4. The molecule has 0 spiro atoms. The summed E-state index contributed by atoms with van der Waals surface area (Å²) in [6, 6.07) is 3.91. The van der Waals surface area contributed by atoms with Crippen molar-refractivity contribution in [3.63, 3.8) is 0 Å². The Morgan fingerprint density at radius 3 is 2.61 bits per heavy atom. The monoisotopic (exact) mass is 492 g/mol. The second-order valence-electron chi connectivity index (χ2n) is 8.17. The van der Waals surface area contributed by atoms with Gasteiger partial charge in [0.05, 0.1) is 31.5 Å². The maximum absolute atomic E-state index is 13.0. The van der Waals surface area contributed by atoms with Crippen molar-refractivity contribution in [2.75, 3.05) is 38.0 Å². The Hall–Kier alpha value is -2.53. The molecule has 0 radical (unpaired) electrons. The fourth-order valence-electron chi connectivity index (χ4n) is 4.32. The van der Waals surface area contributed by atoms with E-state index in [0.717, 1.165) is 17.5 Å². The van der Waals surface area contributed by atoms with Gasteiger partial charge in [0.1, 0.15) is 5.82 Å². The van der Waals surface area contributed by atoms with Crippen molar-refractivity contribution in [3.05, 3.63) is 41.7 Å². The van der Waals surface area contributed by atoms with Crippen LogP contribution in [0.15, 0.2) is 29.9 Å². The van der Waals surface area contributed by atoms with Gasteiger partial charge in [-0.15, -0.1) is 16.8 Å². The summed E-state index contributed by atoms with van der Waals surface area (Å²) in [4.78, 5) is 14.8. The maximum Gasteiger partial charge on any atom is 0.233 e. The standard InChI is InChI=1S/C22H28N4O5S2/c1-4-7-26-21(16-6-9-33(28,29)14-16)23-24-22(26)32-13-20(27)25-8-5-15-10-18(30-2)19(31-3)11-17(15)12-25/h4,10-11,16H,1,5-9,12-14H2,2-3H3. The van der Waals surface area contributed by atoms with Crippen LogP contribution in [0.5, 0.6) is 11.5 Å². The van der Waals surface area contributed by atoms with E-state index in [2.05, 4.69) is 16.8 Å². The Balaban J connectivity index is 1.44. The number of hydrogen-bond donors (Lipinski definition) is 0. The highest BCUT2D eigenvalue weighted by Crippen LogP contribution is 2.34. The SMILES string of the molecule is C=CCn1c(SCC(=O)N2CCc3cc(OC)c(OC)cc3C2)nnc1C1CCS(=O)(=O)C1. The number of amides is 1. The number of hydrogen-bond acceptors (Lipinski definition) is 8. The lowest BCUT2D eigenvalue weighted by Gasteiger charge is -2.29. The van der Waals surface area contributed by atoms with Gasteiger partial charge in [-0.3, -0.25) is 4.79 Å². The molecule has 2 aliphatic heterocycles. The predicted octanol–water partition coefficient (Wildman–Crippen LogP) is 2.06. The van der Waals surface area contributed by atoms with Crippen LogP contribution >= 0.6 is 11.8 Å².